The van der Waals surface area contributed by atoms with Gasteiger partial charge in [0.15, 0.2) is 0 Å². The van der Waals surface area contributed by atoms with Crippen molar-refractivity contribution in [3.8, 4) is 11.8 Å². The Hall–Kier alpha value is -2.16. The molecule has 0 aliphatic carbocycles. The predicted octanol–water partition coefficient (Wildman–Crippen LogP) is 3.11. The van der Waals surface area contributed by atoms with E-state index in [2.05, 4.69) is 23.4 Å². The molecule has 0 radical (unpaired) electrons. The van der Waals surface area contributed by atoms with Crippen LogP contribution in [-0.4, -0.2) is 27.0 Å². The van der Waals surface area contributed by atoms with Crippen molar-refractivity contribution in [2.24, 2.45) is 5.92 Å². The summed E-state index contributed by atoms with van der Waals surface area (Å²) in [5.41, 5.74) is 2.96. The minimum atomic E-state index is -0.745. The molecule has 5 nitrogen and oxygen atoms in total. The van der Waals surface area contributed by atoms with Crippen molar-refractivity contribution >= 4 is 0 Å². The molecule has 0 amide bonds. The summed E-state index contributed by atoms with van der Waals surface area (Å²) in [5, 5.41) is 27.1. The molecule has 2 unspecified atom stereocenters. The van der Waals surface area contributed by atoms with Crippen LogP contribution in [-0.2, 0) is 0 Å². The quantitative estimate of drug-likeness (QED) is 0.855. The number of nitrogens with zero attached hydrogens (tertiary/aromatic N) is 3. The first kappa shape index (κ1) is 18.2. The van der Waals surface area contributed by atoms with Crippen molar-refractivity contribution in [2.75, 3.05) is 6.54 Å². The molecule has 128 valence electrons. The molecule has 0 bridgehead atoms. The summed E-state index contributed by atoms with van der Waals surface area (Å²) in [6, 6.07) is 9.57. The number of benzene rings is 1. The summed E-state index contributed by atoms with van der Waals surface area (Å²) in [6.45, 7) is 10.5. The predicted molar refractivity (Wildman–Crippen MR) is 94.9 cm³/mol. The van der Waals surface area contributed by atoms with E-state index in [0.29, 0.717) is 12.1 Å². The maximum atomic E-state index is 10.4. The molecular formula is C19H26N4O. The highest BCUT2D eigenvalue weighted by molar-refractivity contribution is 5.40. The van der Waals surface area contributed by atoms with Crippen LogP contribution in [0.3, 0.4) is 0 Å². The molecular weight excluding hydrogens is 300 g/mol. The number of aromatic nitrogens is 2. The summed E-state index contributed by atoms with van der Waals surface area (Å²) in [4.78, 5) is 0. The average Bonchev–Trinajstić information content (AvgIpc) is 2.94. The van der Waals surface area contributed by atoms with Gasteiger partial charge in [-0.2, -0.15) is 10.4 Å². The molecule has 0 aliphatic heterocycles. The molecule has 5 heteroatoms. The lowest BCUT2D eigenvalue weighted by molar-refractivity contribution is 0.0122. The van der Waals surface area contributed by atoms with Crippen molar-refractivity contribution in [2.45, 2.75) is 46.3 Å². The molecule has 0 aliphatic rings. The Morgan fingerprint density at radius 1 is 1.29 bits per heavy atom. The Morgan fingerprint density at radius 2 is 1.92 bits per heavy atom. The van der Waals surface area contributed by atoms with Crippen molar-refractivity contribution < 1.29 is 5.11 Å². The zero-order valence-electron chi connectivity index (χ0n) is 15.0. The van der Waals surface area contributed by atoms with E-state index in [1.54, 1.807) is 12.1 Å². The molecule has 2 atom stereocenters. The van der Waals surface area contributed by atoms with E-state index in [4.69, 9.17) is 5.26 Å². The highest BCUT2D eigenvalue weighted by atomic mass is 16.3. The van der Waals surface area contributed by atoms with E-state index in [0.717, 1.165) is 16.9 Å². The van der Waals surface area contributed by atoms with Crippen LogP contribution in [0, 0.1) is 24.2 Å². The molecule has 2 aromatic rings. The molecule has 2 N–H and O–H groups in total. The van der Waals surface area contributed by atoms with E-state index in [1.807, 2.05) is 50.7 Å². The summed E-state index contributed by atoms with van der Waals surface area (Å²) in [7, 11) is 0. The third kappa shape index (κ3) is 3.84. The minimum Gasteiger partial charge on any atom is -0.389 e. The van der Waals surface area contributed by atoms with Crippen molar-refractivity contribution in [1.82, 2.24) is 15.1 Å². The number of hydrogen-bond donors (Lipinski definition) is 2. The van der Waals surface area contributed by atoms with Gasteiger partial charge in [-0.3, -0.25) is 0 Å². The fourth-order valence-electron chi connectivity index (χ4n) is 2.46. The van der Waals surface area contributed by atoms with Gasteiger partial charge >= 0.3 is 0 Å². The molecule has 0 fully saturated rings. The first-order chi connectivity index (χ1) is 11.3. The topological polar surface area (TPSA) is 73.9 Å². The van der Waals surface area contributed by atoms with E-state index in [1.165, 1.54) is 0 Å². The molecule has 0 saturated heterocycles. The Morgan fingerprint density at radius 3 is 2.46 bits per heavy atom. The number of nitrogens with one attached hydrogen (secondary N) is 1. The van der Waals surface area contributed by atoms with Crippen LogP contribution in [0.1, 0.15) is 50.6 Å². The number of rotatable bonds is 6. The second-order valence-corrected chi connectivity index (χ2v) is 6.87. The Balaban J connectivity index is 2.15. The van der Waals surface area contributed by atoms with Gasteiger partial charge in [0.25, 0.3) is 0 Å². The van der Waals surface area contributed by atoms with Gasteiger partial charge < -0.3 is 10.4 Å². The molecule has 0 saturated carbocycles. The normalized spacial score (nSPS) is 15.1. The van der Waals surface area contributed by atoms with Gasteiger partial charge in [-0.1, -0.05) is 13.8 Å². The summed E-state index contributed by atoms with van der Waals surface area (Å²) < 4.78 is 1.87. The third-order valence-electron chi connectivity index (χ3n) is 4.77. The highest BCUT2D eigenvalue weighted by Crippen LogP contribution is 2.22. The molecule has 2 rings (SSSR count). The van der Waals surface area contributed by atoms with Crippen LogP contribution in [0.25, 0.3) is 5.69 Å². The van der Waals surface area contributed by atoms with Gasteiger partial charge in [0.2, 0.25) is 0 Å². The van der Waals surface area contributed by atoms with Crippen LogP contribution in [0.2, 0.25) is 0 Å². The fourth-order valence-corrected chi connectivity index (χ4v) is 2.46. The molecule has 24 heavy (non-hydrogen) atoms. The molecule has 1 heterocycles. The Bertz CT molecular complexity index is 723. The van der Waals surface area contributed by atoms with Crippen molar-refractivity contribution in [3.05, 3.63) is 47.3 Å². The Kier molecular flexibility index (Phi) is 5.43. The van der Waals surface area contributed by atoms with E-state index in [9.17, 15) is 5.11 Å². The standard InChI is InChI=1S/C19H26N4O/c1-13(2)19(5,24)12-21-14(3)18-11-22-23(15(18)4)17-8-6-16(10-20)7-9-17/h6-9,11,13-14,21,24H,12H2,1-5H3. The monoisotopic (exact) mass is 326 g/mol. The zero-order chi connectivity index (χ0) is 17.9. The van der Waals surface area contributed by atoms with Crippen molar-refractivity contribution in [3.63, 3.8) is 0 Å². The molecule has 1 aromatic heterocycles. The van der Waals surface area contributed by atoms with Crippen LogP contribution in [0.5, 0.6) is 0 Å². The number of aliphatic hydroxyl groups is 1. The number of nitriles is 1. The van der Waals surface area contributed by atoms with Crippen LogP contribution < -0.4 is 5.32 Å². The third-order valence-corrected chi connectivity index (χ3v) is 4.77. The SMILES string of the molecule is Cc1c(C(C)NCC(C)(O)C(C)C)cnn1-c1ccc(C#N)cc1. The van der Waals surface area contributed by atoms with Gasteiger partial charge in [-0.15, -0.1) is 0 Å². The first-order valence-corrected chi connectivity index (χ1v) is 8.27. The summed E-state index contributed by atoms with van der Waals surface area (Å²) in [5.74, 6) is 0.180. The zero-order valence-corrected chi connectivity index (χ0v) is 15.0. The van der Waals surface area contributed by atoms with E-state index >= 15 is 0 Å². The maximum Gasteiger partial charge on any atom is 0.0991 e. The van der Waals surface area contributed by atoms with Gasteiger partial charge in [-0.25, -0.2) is 4.68 Å². The van der Waals surface area contributed by atoms with Gasteiger partial charge in [0.1, 0.15) is 0 Å². The fraction of sp³-hybridized carbons (Fsp3) is 0.474. The second-order valence-electron chi connectivity index (χ2n) is 6.87. The van der Waals surface area contributed by atoms with Crippen LogP contribution >= 0.6 is 0 Å². The maximum absolute atomic E-state index is 10.4. The van der Waals surface area contributed by atoms with Gasteiger partial charge in [0, 0.05) is 23.8 Å². The summed E-state index contributed by atoms with van der Waals surface area (Å²) >= 11 is 0. The second kappa shape index (κ2) is 7.16. The van der Waals surface area contributed by atoms with Gasteiger partial charge in [0.05, 0.1) is 29.1 Å². The number of hydrogen-bond acceptors (Lipinski definition) is 4. The highest BCUT2D eigenvalue weighted by Gasteiger charge is 2.26. The molecule has 1 aromatic carbocycles. The lowest BCUT2D eigenvalue weighted by Gasteiger charge is -2.29. The van der Waals surface area contributed by atoms with Gasteiger partial charge in [-0.05, 0) is 51.0 Å². The smallest absolute Gasteiger partial charge is 0.0991 e. The lowest BCUT2D eigenvalue weighted by Crippen LogP contribution is -2.43. The minimum absolute atomic E-state index is 0.0855. The first-order valence-electron chi connectivity index (χ1n) is 8.27. The lowest BCUT2D eigenvalue weighted by atomic mass is 9.92. The van der Waals surface area contributed by atoms with E-state index < -0.39 is 5.60 Å². The van der Waals surface area contributed by atoms with Crippen molar-refractivity contribution in [1.29, 1.82) is 5.26 Å². The Labute approximate surface area is 143 Å². The van der Waals surface area contributed by atoms with Crippen LogP contribution in [0.15, 0.2) is 30.5 Å². The van der Waals surface area contributed by atoms with E-state index in [-0.39, 0.29) is 12.0 Å². The average molecular weight is 326 g/mol. The molecule has 0 spiro atoms. The summed E-state index contributed by atoms with van der Waals surface area (Å²) in [6.07, 6.45) is 1.86. The largest absolute Gasteiger partial charge is 0.389 e. The van der Waals surface area contributed by atoms with Crippen LogP contribution in [0.4, 0.5) is 0 Å².